The van der Waals surface area contributed by atoms with Gasteiger partial charge in [-0.3, -0.25) is 5.41 Å². The van der Waals surface area contributed by atoms with E-state index in [1.807, 2.05) is 0 Å². The lowest BCUT2D eigenvalue weighted by Crippen LogP contribution is -2.14. The average Bonchev–Trinajstić information content (AvgIpc) is 2.57. The van der Waals surface area contributed by atoms with Gasteiger partial charge in [0.15, 0.2) is 5.82 Å². The highest BCUT2D eigenvalue weighted by atomic mass is 16.5. The molecule has 2 aromatic rings. The van der Waals surface area contributed by atoms with Crippen LogP contribution in [0, 0.1) is 5.41 Å². The molecule has 6 nitrogen and oxygen atoms in total. The van der Waals surface area contributed by atoms with E-state index in [0.717, 1.165) is 4.73 Å². The molecule has 0 fully saturated rings. The lowest BCUT2D eigenvalue weighted by atomic mass is 10.2. The number of nitrogens with two attached hydrogens (primary N) is 1. The number of nitrogen functional groups attached to an aromatic ring is 1. The first kappa shape index (κ1) is 10.4. The van der Waals surface area contributed by atoms with E-state index in [4.69, 9.17) is 11.1 Å². The van der Waals surface area contributed by atoms with E-state index in [9.17, 15) is 5.21 Å². The Morgan fingerprint density at radius 2 is 2.38 bits per heavy atom. The van der Waals surface area contributed by atoms with Gasteiger partial charge in [-0.05, 0) is 19.2 Å². The molecule has 0 spiro atoms. The Labute approximate surface area is 92.2 Å². The number of nitrogens with one attached hydrogen (secondary N) is 2. The first-order valence-electron chi connectivity index (χ1n) is 4.83. The van der Waals surface area contributed by atoms with E-state index in [1.165, 1.54) is 0 Å². The summed E-state index contributed by atoms with van der Waals surface area (Å²) < 4.78 is 0.975. The molecule has 1 aromatic heterocycles. The van der Waals surface area contributed by atoms with Crippen LogP contribution in [0.2, 0.25) is 0 Å². The highest BCUT2D eigenvalue weighted by molar-refractivity contribution is 6.05. The fraction of sp³-hybridized carbons (Fsp3) is 0.200. The molecule has 0 amide bonds. The summed E-state index contributed by atoms with van der Waals surface area (Å²) >= 11 is 0. The molecule has 2 rings (SSSR count). The fourth-order valence-corrected chi connectivity index (χ4v) is 1.65. The van der Waals surface area contributed by atoms with Crippen molar-refractivity contribution in [2.24, 2.45) is 5.73 Å². The summed E-state index contributed by atoms with van der Waals surface area (Å²) in [5.41, 5.74) is 7.03. The van der Waals surface area contributed by atoms with Crippen LogP contribution in [0.25, 0.3) is 11.0 Å². The van der Waals surface area contributed by atoms with Gasteiger partial charge in [-0.25, -0.2) is 4.98 Å². The second-order valence-electron chi connectivity index (χ2n) is 3.46. The van der Waals surface area contributed by atoms with Gasteiger partial charge in [0.2, 0.25) is 0 Å². The van der Waals surface area contributed by atoms with Crippen LogP contribution in [0.5, 0.6) is 0 Å². The lowest BCUT2D eigenvalue weighted by molar-refractivity contribution is 0.186. The van der Waals surface area contributed by atoms with Gasteiger partial charge in [0, 0.05) is 5.56 Å². The zero-order valence-electron chi connectivity index (χ0n) is 8.86. The maximum atomic E-state index is 9.91. The maximum Gasteiger partial charge on any atom is 0.159 e. The molecule has 0 radical (unpaired) electrons. The van der Waals surface area contributed by atoms with E-state index >= 15 is 0 Å². The number of hydrogen-bond acceptors (Lipinski definition) is 4. The Morgan fingerprint density at radius 3 is 3.00 bits per heavy atom. The molecule has 0 unspecified atom stereocenters. The molecular weight excluding hydrogens is 206 g/mol. The van der Waals surface area contributed by atoms with Gasteiger partial charge in [-0.15, -0.1) is 0 Å². The van der Waals surface area contributed by atoms with Gasteiger partial charge in [-0.1, -0.05) is 6.07 Å². The molecule has 0 saturated carbocycles. The summed E-state index contributed by atoms with van der Waals surface area (Å²) in [6.45, 7) is 0.447. The zero-order valence-corrected chi connectivity index (χ0v) is 8.86. The molecule has 0 aliphatic rings. The monoisotopic (exact) mass is 219 g/mol. The first-order chi connectivity index (χ1) is 7.65. The van der Waals surface area contributed by atoms with Crippen LogP contribution in [0.3, 0.4) is 0 Å². The van der Waals surface area contributed by atoms with Crippen molar-refractivity contribution in [3.8, 4) is 0 Å². The Kier molecular flexibility index (Phi) is 2.49. The molecule has 5 N–H and O–H groups in total. The van der Waals surface area contributed by atoms with Gasteiger partial charge in [0.25, 0.3) is 0 Å². The second-order valence-corrected chi connectivity index (χ2v) is 3.46. The lowest BCUT2D eigenvalue weighted by Gasteiger charge is -2.03. The summed E-state index contributed by atoms with van der Waals surface area (Å²) in [7, 11) is 1.77. The summed E-state index contributed by atoms with van der Waals surface area (Å²) in [5, 5.41) is 20.3. The normalized spacial score (nSPS) is 10.8. The zero-order chi connectivity index (χ0) is 11.7. The van der Waals surface area contributed by atoms with Crippen molar-refractivity contribution in [3.05, 3.63) is 29.6 Å². The van der Waals surface area contributed by atoms with Gasteiger partial charge in [0.05, 0.1) is 12.1 Å². The van der Waals surface area contributed by atoms with Crippen molar-refractivity contribution in [2.45, 2.75) is 6.54 Å². The molecule has 0 atom stereocenters. The molecule has 0 saturated heterocycles. The van der Waals surface area contributed by atoms with Crippen LogP contribution in [0.1, 0.15) is 11.4 Å². The smallest absolute Gasteiger partial charge is 0.159 e. The molecule has 1 aromatic carbocycles. The van der Waals surface area contributed by atoms with Crippen molar-refractivity contribution in [1.29, 1.82) is 5.41 Å². The van der Waals surface area contributed by atoms with Crippen LogP contribution in [-0.4, -0.2) is 27.8 Å². The molecule has 0 aliphatic heterocycles. The number of imidazole rings is 1. The minimum Gasteiger partial charge on any atom is -0.427 e. The predicted molar refractivity (Wildman–Crippen MR) is 60.7 cm³/mol. The Morgan fingerprint density at radius 1 is 1.62 bits per heavy atom. The van der Waals surface area contributed by atoms with E-state index in [-0.39, 0.29) is 5.84 Å². The number of hydrogen-bond donors (Lipinski definition) is 4. The second kappa shape index (κ2) is 3.82. The van der Waals surface area contributed by atoms with Crippen LogP contribution >= 0.6 is 0 Å². The summed E-state index contributed by atoms with van der Waals surface area (Å²) in [6.07, 6.45) is 0. The standard InChI is InChI=1S/C10H13N5O/c1-13-5-8-14-7-4-2-3-6(10(11)12)9(7)15(8)16/h2-4,13,16H,5H2,1H3,(H3,11,12). The van der Waals surface area contributed by atoms with Gasteiger partial charge >= 0.3 is 0 Å². The van der Waals surface area contributed by atoms with E-state index in [1.54, 1.807) is 25.2 Å². The third kappa shape index (κ3) is 1.49. The maximum absolute atomic E-state index is 9.91. The van der Waals surface area contributed by atoms with Crippen molar-refractivity contribution < 1.29 is 5.21 Å². The summed E-state index contributed by atoms with van der Waals surface area (Å²) in [5.74, 6) is 0.406. The Hall–Kier alpha value is -2.08. The van der Waals surface area contributed by atoms with Crippen molar-refractivity contribution in [1.82, 2.24) is 15.0 Å². The third-order valence-corrected chi connectivity index (χ3v) is 2.35. The van der Waals surface area contributed by atoms with Crippen molar-refractivity contribution in [2.75, 3.05) is 7.05 Å². The highest BCUT2D eigenvalue weighted by Gasteiger charge is 2.13. The number of aromatic nitrogens is 2. The number of rotatable bonds is 3. The summed E-state index contributed by atoms with van der Waals surface area (Å²) in [6, 6.07) is 5.21. The minimum atomic E-state index is -0.0863. The van der Waals surface area contributed by atoms with Crippen LogP contribution in [-0.2, 0) is 6.54 Å². The molecule has 1 heterocycles. The number of benzene rings is 1. The van der Waals surface area contributed by atoms with Crippen molar-refractivity contribution in [3.63, 3.8) is 0 Å². The largest absolute Gasteiger partial charge is 0.427 e. The quantitative estimate of drug-likeness (QED) is 0.338. The molecule has 16 heavy (non-hydrogen) atoms. The molecule has 0 aliphatic carbocycles. The summed E-state index contributed by atoms with van der Waals surface area (Å²) in [4.78, 5) is 4.24. The molecule has 84 valence electrons. The topological polar surface area (TPSA) is 100.0 Å². The number of fused-ring (bicyclic) bond motifs is 1. The first-order valence-corrected chi connectivity index (χ1v) is 4.83. The Bertz CT molecular complexity index is 545. The predicted octanol–water partition coefficient (Wildman–Crippen LogP) is 0.277. The molecule has 6 heteroatoms. The van der Waals surface area contributed by atoms with Crippen LogP contribution in [0.15, 0.2) is 18.2 Å². The van der Waals surface area contributed by atoms with E-state index < -0.39 is 0 Å². The van der Waals surface area contributed by atoms with Gasteiger partial charge < -0.3 is 16.3 Å². The third-order valence-electron chi connectivity index (χ3n) is 2.35. The number of amidine groups is 1. The molecular formula is C10H13N5O. The van der Waals surface area contributed by atoms with Crippen LogP contribution in [0.4, 0.5) is 0 Å². The van der Waals surface area contributed by atoms with Crippen LogP contribution < -0.4 is 11.1 Å². The fourth-order valence-electron chi connectivity index (χ4n) is 1.65. The Balaban J connectivity index is 2.72. The van der Waals surface area contributed by atoms with Gasteiger partial charge in [0.1, 0.15) is 11.4 Å². The molecule has 0 bridgehead atoms. The number of nitrogens with zero attached hydrogens (tertiary/aromatic N) is 2. The SMILES string of the molecule is CNCc1nc2cccc(C(=N)N)c2n1O. The highest BCUT2D eigenvalue weighted by Crippen LogP contribution is 2.18. The van der Waals surface area contributed by atoms with Crippen molar-refractivity contribution >= 4 is 16.9 Å². The van der Waals surface area contributed by atoms with Gasteiger partial charge in [-0.2, -0.15) is 4.73 Å². The average molecular weight is 219 g/mol. The minimum absolute atomic E-state index is 0.0863. The van der Waals surface area contributed by atoms with E-state index in [2.05, 4.69) is 10.3 Å². The van der Waals surface area contributed by atoms with E-state index in [0.29, 0.717) is 29.0 Å². The number of para-hydroxylation sites is 1.